The molecule has 2 heterocycles. The Labute approximate surface area is 374 Å². The molecule has 2 bridgehead atoms. The second-order valence-electron chi connectivity index (χ2n) is 16.2. The number of phenolic OH excluding ortho intramolecular Hbond substituents is 1. The standard InChI is InChI=1S/C41H70N12O9S/c42-38(61)32(23-63)51-33(55)6-2-1-3-15-48-39(62)31(22-29-11-13-30(54)14-12-29)50-34(56)7-4-8-35(57)52-40-24-43-16-18-46-27-41(49-21-20-45-26-40,28-47-19-17-44-25-40)53-36(58)9-5-10-37(59)60/h11-14,31-32,43-47,49,54,63H,1-10,15-28H2,(H2,42,61)(H,48,62)(H,50,56)(H,51,55)(H,52,57)(H,53,58)(H,59,60)/t31-,32-,40?,41?/m0/s1. The molecule has 0 unspecified atom stereocenters. The van der Waals surface area contributed by atoms with Crippen LogP contribution in [0.3, 0.4) is 0 Å². The number of rotatable bonds is 23. The molecular formula is C41H70N12O9S. The van der Waals surface area contributed by atoms with E-state index in [4.69, 9.17) is 10.8 Å². The van der Waals surface area contributed by atoms with E-state index in [1.807, 2.05) is 0 Å². The number of hydrogen-bond acceptors (Lipinski definition) is 15. The topological polar surface area (TPSA) is 318 Å². The maximum Gasteiger partial charge on any atom is 0.303 e. The van der Waals surface area contributed by atoms with E-state index >= 15 is 0 Å². The first-order valence-corrected chi connectivity index (χ1v) is 22.5. The van der Waals surface area contributed by atoms with Crippen LogP contribution in [0.5, 0.6) is 5.75 Å². The highest BCUT2D eigenvalue weighted by atomic mass is 32.1. The van der Waals surface area contributed by atoms with E-state index in [-0.39, 0.29) is 80.6 Å². The van der Waals surface area contributed by atoms with Crippen molar-refractivity contribution >= 4 is 54.0 Å². The summed E-state index contributed by atoms with van der Waals surface area (Å²) in [6, 6.07) is 4.60. The van der Waals surface area contributed by atoms with Crippen LogP contribution in [0.4, 0.5) is 0 Å². The number of carboxylic acid groups (broad SMARTS) is 1. The molecule has 0 saturated carbocycles. The number of aliphatic carboxylic acids is 1. The third-order valence-corrected chi connectivity index (χ3v) is 11.0. The number of amides is 6. The molecule has 0 radical (unpaired) electrons. The van der Waals surface area contributed by atoms with Gasteiger partial charge in [0.05, 0.1) is 5.54 Å². The Balaban J connectivity index is 1.53. The largest absolute Gasteiger partial charge is 0.508 e. The van der Waals surface area contributed by atoms with Crippen LogP contribution in [-0.2, 0) is 40.0 Å². The number of nitrogens with two attached hydrogens (primary N) is 1. The molecule has 21 nitrogen and oxygen atoms in total. The third-order valence-electron chi connectivity index (χ3n) is 10.6. The normalized spacial score (nSPS) is 20.8. The summed E-state index contributed by atoms with van der Waals surface area (Å²) in [6.07, 6.45) is 2.65. The number of primary amides is 1. The van der Waals surface area contributed by atoms with Crippen molar-refractivity contribution in [1.82, 2.24) is 58.5 Å². The smallest absolute Gasteiger partial charge is 0.303 e. The molecular weight excluding hydrogens is 837 g/mol. The predicted octanol–water partition coefficient (Wildman–Crippen LogP) is -3.35. The van der Waals surface area contributed by atoms with Crippen LogP contribution in [0, 0.1) is 0 Å². The summed E-state index contributed by atoms with van der Waals surface area (Å²) in [6.45, 7) is 5.76. The van der Waals surface area contributed by atoms with Crippen LogP contribution in [-0.4, -0.2) is 159 Å². The summed E-state index contributed by atoms with van der Waals surface area (Å²) >= 11 is 4.02. The minimum atomic E-state index is -0.945. The van der Waals surface area contributed by atoms with Crippen LogP contribution in [0.25, 0.3) is 0 Å². The first kappa shape index (κ1) is 52.8. The van der Waals surface area contributed by atoms with Crippen molar-refractivity contribution in [3.05, 3.63) is 29.8 Å². The summed E-state index contributed by atoms with van der Waals surface area (Å²) in [5.74, 6) is -2.99. The van der Waals surface area contributed by atoms with Crippen molar-refractivity contribution in [2.75, 3.05) is 84.3 Å². The summed E-state index contributed by atoms with van der Waals surface area (Å²) < 4.78 is 0. The number of carbonyl (C=O) groups excluding carboxylic acids is 6. The quantitative estimate of drug-likeness (QED) is 0.0377. The lowest BCUT2D eigenvalue weighted by Gasteiger charge is -2.37. The summed E-state index contributed by atoms with van der Waals surface area (Å²) in [5, 5.41) is 54.0. The molecule has 354 valence electrons. The lowest BCUT2D eigenvalue weighted by Crippen LogP contribution is -2.69. The average molecular weight is 907 g/mol. The van der Waals surface area contributed by atoms with E-state index in [0.29, 0.717) is 97.8 Å². The zero-order valence-corrected chi connectivity index (χ0v) is 37.1. The molecule has 0 aromatic heterocycles. The molecule has 2 saturated heterocycles. The molecule has 2 aliphatic heterocycles. The second kappa shape index (κ2) is 29.0. The van der Waals surface area contributed by atoms with E-state index in [1.54, 1.807) is 12.1 Å². The van der Waals surface area contributed by atoms with Gasteiger partial charge in [0.2, 0.25) is 35.4 Å². The number of unbranched alkanes of at least 4 members (excludes halogenated alkanes) is 2. The van der Waals surface area contributed by atoms with Crippen LogP contribution < -0.4 is 64.2 Å². The molecule has 1 aromatic rings. The van der Waals surface area contributed by atoms with E-state index in [0.717, 1.165) is 5.56 Å². The average Bonchev–Trinajstić information content (AvgIpc) is 3.26. The van der Waals surface area contributed by atoms with Gasteiger partial charge in [-0.25, -0.2) is 0 Å². The summed E-state index contributed by atoms with van der Waals surface area (Å²) in [4.78, 5) is 87.4. The van der Waals surface area contributed by atoms with Gasteiger partial charge in [0.25, 0.3) is 0 Å². The van der Waals surface area contributed by atoms with Gasteiger partial charge < -0.3 is 69.1 Å². The van der Waals surface area contributed by atoms with Crippen molar-refractivity contribution in [2.45, 2.75) is 93.9 Å². The molecule has 2 aliphatic rings. The van der Waals surface area contributed by atoms with Crippen LogP contribution in [0.1, 0.15) is 69.8 Å². The van der Waals surface area contributed by atoms with Crippen molar-refractivity contribution in [1.29, 1.82) is 0 Å². The highest BCUT2D eigenvalue weighted by Gasteiger charge is 2.34. The fourth-order valence-electron chi connectivity index (χ4n) is 7.21. The van der Waals surface area contributed by atoms with Crippen LogP contribution >= 0.6 is 12.6 Å². The van der Waals surface area contributed by atoms with Gasteiger partial charge in [0.15, 0.2) is 0 Å². The van der Waals surface area contributed by atoms with Crippen molar-refractivity contribution < 1.29 is 43.8 Å². The van der Waals surface area contributed by atoms with Crippen molar-refractivity contribution in [3.63, 3.8) is 0 Å². The van der Waals surface area contributed by atoms with E-state index in [9.17, 15) is 38.7 Å². The van der Waals surface area contributed by atoms with E-state index in [1.165, 1.54) is 12.1 Å². The van der Waals surface area contributed by atoms with Gasteiger partial charge in [-0.2, -0.15) is 12.6 Å². The highest BCUT2D eigenvalue weighted by Crippen LogP contribution is 2.13. The number of carbonyl (C=O) groups is 7. The Morgan fingerprint density at radius 1 is 0.635 bits per heavy atom. The molecule has 0 aliphatic carbocycles. The van der Waals surface area contributed by atoms with Gasteiger partial charge in [0, 0.05) is 123 Å². The minimum Gasteiger partial charge on any atom is -0.508 e. The fraction of sp³-hybridized carbons (Fsp3) is 0.683. The second-order valence-corrected chi connectivity index (χ2v) is 16.5. The van der Waals surface area contributed by atoms with Crippen LogP contribution in [0.2, 0.25) is 0 Å². The SMILES string of the molecule is NC(=O)[C@H](CS)NC(=O)CCCCCNC(=O)[C@H](Cc1ccc(O)cc1)NC(=O)CCCC(=O)NC12CNCCNCC(NC(=O)CCCC(=O)O)(CNCCNC1)NCCNC2. The van der Waals surface area contributed by atoms with Gasteiger partial charge in [-0.1, -0.05) is 18.6 Å². The molecule has 1 aromatic carbocycles. The van der Waals surface area contributed by atoms with Gasteiger partial charge in [-0.15, -0.1) is 0 Å². The fourth-order valence-corrected chi connectivity index (χ4v) is 7.48. The van der Waals surface area contributed by atoms with Crippen molar-refractivity contribution in [3.8, 4) is 5.75 Å². The Kier molecular flexibility index (Phi) is 24.3. The zero-order chi connectivity index (χ0) is 45.9. The maximum atomic E-state index is 13.5. The molecule has 63 heavy (non-hydrogen) atoms. The highest BCUT2D eigenvalue weighted by molar-refractivity contribution is 7.80. The molecule has 6 amide bonds. The number of nitrogens with one attached hydrogen (secondary N) is 11. The lowest BCUT2D eigenvalue weighted by molar-refractivity contribution is -0.137. The first-order valence-electron chi connectivity index (χ1n) is 21.9. The zero-order valence-electron chi connectivity index (χ0n) is 36.2. The Bertz CT molecular complexity index is 1610. The molecule has 15 N–H and O–H groups in total. The van der Waals surface area contributed by atoms with Gasteiger partial charge in [0.1, 0.15) is 23.5 Å². The Morgan fingerprint density at radius 2 is 1.14 bits per heavy atom. The number of carboxylic acids is 1. The van der Waals surface area contributed by atoms with E-state index in [2.05, 4.69) is 71.1 Å². The number of phenols is 1. The molecule has 2 atom stereocenters. The molecule has 3 rings (SSSR count). The van der Waals surface area contributed by atoms with E-state index < -0.39 is 47.0 Å². The van der Waals surface area contributed by atoms with Crippen LogP contribution in [0.15, 0.2) is 24.3 Å². The third kappa shape index (κ3) is 21.6. The maximum absolute atomic E-state index is 13.5. The number of benzene rings is 1. The Morgan fingerprint density at radius 3 is 1.71 bits per heavy atom. The van der Waals surface area contributed by atoms with Gasteiger partial charge in [-0.3, -0.25) is 38.9 Å². The monoisotopic (exact) mass is 907 g/mol. The summed E-state index contributed by atoms with van der Waals surface area (Å²) in [7, 11) is 0. The van der Waals surface area contributed by atoms with Gasteiger partial charge in [-0.05, 0) is 43.4 Å². The molecule has 22 heteroatoms. The van der Waals surface area contributed by atoms with Gasteiger partial charge >= 0.3 is 5.97 Å². The summed E-state index contributed by atoms with van der Waals surface area (Å²) in [5.41, 5.74) is 4.42. The molecule has 2 fully saturated rings. The predicted molar refractivity (Wildman–Crippen MR) is 240 cm³/mol. The van der Waals surface area contributed by atoms with Crippen molar-refractivity contribution in [2.24, 2.45) is 5.73 Å². The lowest BCUT2D eigenvalue weighted by atomic mass is 9.97. The number of thiol groups is 1. The number of fused-ring (bicyclic) bond motifs is 6. The minimum absolute atomic E-state index is 0.00127. The Hall–Kier alpha value is -4.58. The molecule has 0 spiro atoms. The number of aromatic hydroxyl groups is 1. The first-order chi connectivity index (χ1) is 30.2. The number of hydrogen-bond donors (Lipinski definition) is 15.